The van der Waals surface area contributed by atoms with E-state index in [-0.39, 0.29) is 29.2 Å². The molecule has 2 heterocycles. The van der Waals surface area contributed by atoms with Crippen LogP contribution in [0.2, 0.25) is 5.02 Å². The van der Waals surface area contributed by atoms with Crippen LogP contribution >= 0.6 is 11.6 Å². The van der Waals surface area contributed by atoms with Crippen LogP contribution in [-0.4, -0.2) is 44.1 Å². The molecule has 2 amide bonds. The van der Waals surface area contributed by atoms with Gasteiger partial charge in [-0.05, 0) is 118 Å². The van der Waals surface area contributed by atoms with Crippen molar-refractivity contribution >= 4 is 39.1 Å². The number of anilines is 1. The number of nitriles is 1. The van der Waals surface area contributed by atoms with E-state index in [0.29, 0.717) is 55.4 Å². The summed E-state index contributed by atoms with van der Waals surface area (Å²) >= 11 is 6.32. The lowest BCUT2D eigenvalue weighted by Gasteiger charge is -2.49. The topological polar surface area (TPSA) is 129 Å². The van der Waals surface area contributed by atoms with E-state index in [9.17, 15) is 23.3 Å². The number of nitrogens with one attached hydrogen (secondary N) is 2. The molecule has 5 rings (SSSR count). The van der Waals surface area contributed by atoms with Gasteiger partial charge in [-0.25, -0.2) is 13.1 Å². The molecular weight excluding hydrogens is 612 g/mol. The SMILES string of the molecule is CC(=O)N[C@]1(C#N)CCC[C@H](C)[C@@H](C)S(=O)(=O)NC(=O)c2ccc3c(c2)N(CCCCc2cc(Cl)ccc2CO3)C[C@@H]2CC[C@H]21. The molecule has 2 aromatic carbocycles. The quantitative estimate of drug-likeness (QED) is 0.400. The Labute approximate surface area is 271 Å². The third-order valence-corrected chi connectivity index (χ3v) is 12.2. The Morgan fingerprint density at radius 1 is 1.11 bits per heavy atom. The number of halogens is 1. The number of sulfonamides is 1. The van der Waals surface area contributed by atoms with Crippen LogP contribution in [-0.2, 0) is 27.8 Å². The molecule has 3 aliphatic rings. The molecule has 2 aromatic rings. The molecule has 0 unspecified atom stereocenters. The molecule has 2 aliphatic heterocycles. The molecule has 2 N–H and O–H groups in total. The molecule has 9 nitrogen and oxygen atoms in total. The zero-order valence-electron chi connectivity index (χ0n) is 26.3. The number of amides is 2. The number of nitrogens with zero attached hydrogens (tertiary/aromatic N) is 2. The van der Waals surface area contributed by atoms with Crippen LogP contribution in [0, 0.1) is 29.1 Å². The number of benzene rings is 2. The van der Waals surface area contributed by atoms with Crippen molar-refractivity contribution in [2.24, 2.45) is 17.8 Å². The molecule has 1 aliphatic carbocycles. The lowest BCUT2D eigenvalue weighted by molar-refractivity contribution is -0.121. The molecule has 1 fully saturated rings. The van der Waals surface area contributed by atoms with Gasteiger partial charge in [-0.15, -0.1) is 0 Å². The van der Waals surface area contributed by atoms with E-state index in [2.05, 4.69) is 21.0 Å². The van der Waals surface area contributed by atoms with E-state index < -0.39 is 26.7 Å². The van der Waals surface area contributed by atoms with E-state index >= 15 is 0 Å². The van der Waals surface area contributed by atoms with Crippen LogP contribution in [0.5, 0.6) is 5.75 Å². The van der Waals surface area contributed by atoms with E-state index in [1.807, 2.05) is 25.1 Å². The van der Waals surface area contributed by atoms with Gasteiger partial charge in [0.1, 0.15) is 17.9 Å². The van der Waals surface area contributed by atoms with E-state index in [4.69, 9.17) is 16.3 Å². The Kier molecular flexibility index (Phi) is 10.00. The van der Waals surface area contributed by atoms with Crippen molar-refractivity contribution in [3.8, 4) is 11.8 Å². The van der Waals surface area contributed by atoms with Crippen molar-refractivity contribution in [3.63, 3.8) is 0 Å². The number of carbonyl (C=O) groups is 2. The van der Waals surface area contributed by atoms with Crippen LogP contribution in [0.4, 0.5) is 5.69 Å². The summed E-state index contributed by atoms with van der Waals surface area (Å²) in [7, 11) is -3.99. The standard InChI is InChI=1S/C34H43ClN4O5S/c1-22-7-6-15-34(21-36,37-24(3)40)30-13-10-27(30)19-39-16-5-4-8-25-17-29(35)12-9-28(25)20-44-32-14-11-26(18-31(32)39)33(41)38-45(42,43)23(22)2/h9,11-12,14,17-18,22-23,27,30H,4-8,10,13,15-16,19-20H2,1-3H3,(H,37,40)(H,38,41)/t22-,23+,27-,30+,34-/m0/s1. The highest BCUT2D eigenvalue weighted by Gasteiger charge is 2.49. The molecule has 5 atom stereocenters. The summed E-state index contributed by atoms with van der Waals surface area (Å²) in [6.07, 6.45) is 5.87. The number of carbonyl (C=O) groups excluding carboxylic acids is 2. The van der Waals surface area contributed by atoms with Crippen LogP contribution in [0.1, 0.15) is 87.2 Å². The smallest absolute Gasteiger partial charge is 0.264 e. The highest BCUT2D eigenvalue weighted by Crippen LogP contribution is 2.46. The van der Waals surface area contributed by atoms with Gasteiger partial charge >= 0.3 is 0 Å². The molecule has 11 heteroatoms. The summed E-state index contributed by atoms with van der Waals surface area (Å²) < 4.78 is 35.4. The zero-order chi connectivity index (χ0) is 32.4. The molecule has 242 valence electrons. The Balaban J connectivity index is 1.58. The van der Waals surface area contributed by atoms with Crippen molar-refractivity contribution in [1.29, 1.82) is 5.26 Å². The lowest BCUT2D eigenvalue weighted by Crippen LogP contribution is -2.59. The van der Waals surface area contributed by atoms with Gasteiger partial charge < -0.3 is 15.0 Å². The van der Waals surface area contributed by atoms with Gasteiger partial charge in [-0.3, -0.25) is 9.59 Å². The highest BCUT2D eigenvalue weighted by molar-refractivity contribution is 7.90. The molecule has 0 radical (unpaired) electrons. The normalized spacial score (nSPS) is 28.8. The minimum Gasteiger partial charge on any atom is -0.487 e. The van der Waals surface area contributed by atoms with E-state index in [1.54, 1.807) is 25.1 Å². The minimum atomic E-state index is -3.99. The summed E-state index contributed by atoms with van der Waals surface area (Å²) in [6, 6.07) is 13.4. The third-order valence-electron chi connectivity index (χ3n) is 10.1. The average molecular weight is 655 g/mol. The predicted octanol–water partition coefficient (Wildman–Crippen LogP) is 5.75. The van der Waals surface area contributed by atoms with Crippen molar-refractivity contribution in [3.05, 3.63) is 58.1 Å². The minimum absolute atomic E-state index is 0.0591. The van der Waals surface area contributed by atoms with E-state index in [1.165, 1.54) is 6.92 Å². The second-order valence-electron chi connectivity index (χ2n) is 13.0. The average Bonchev–Trinajstić information content (AvgIpc) is 3.00. The van der Waals surface area contributed by atoms with Crippen molar-refractivity contribution < 1.29 is 22.7 Å². The second kappa shape index (κ2) is 13.6. The van der Waals surface area contributed by atoms with Crippen molar-refractivity contribution in [1.82, 2.24) is 10.0 Å². The number of hydrogen-bond acceptors (Lipinski definition) is 7. The van der Waals surface area contributed by atoms with E-state index in [0.717, 1.165) is 43.2 Å². The fourth-order valence-corrected chi connectivity index (χ4v) is 8.65. The molecule has 0 saturated heterocycles. The van der Waals surface area contributed by atoms with Gasteiger partial charge in [0.25, 0.3) is 5.91 Å². The lowest BCUT2D eigenvalue weighted by atomic mass is 9.61. The first-order valence-corrected chi connectivity index (χ1v) is 17.9. The molecule has 45 heavy (non-hydrogen) atoms. The maximum absolute atomic E-state index is 13.4. The summed E-state index contributed by atoms with van der Waals surface area (Å²) in [5.41, 5.74) is 2.07. The Morgan fingerprint density at radius 2 is 1.91 bits per heavy atom. The van der Waals surface area contributed by atoms with Crippen molar-refractivity contribution in [2.45, 2.75) is 89.5 Å². The number of rotatable bonds is 1. The zero-order valence-corrected chi connectivity index (χ0v) is 27.8. The first-order chi connectivity index (χ1) is 21.4. The molecule has 1 saturated carbocycles. The van der Waals surface area contributed by atoms with Gasteiger partial charge in [0.2, 0.25) is 15.9 Å². The van der Waals surface area contributed by atoms with Crippen LogP contribution < -0.4 is 19.7 Å². The molecule has 2 bridgehead atoms. The van der Waals surface area contributed by atoms with Gasteiger partial charge in [0, 0.05) is 30.6 Å². The maximum Gasteiger partial charge on any atom is 0.264 e. The fraction of sp³-hybridized carbons (Fsp3) is 0.559. The summed E-state index contributed by atoms with van der Waals surface area (Å²) in [4.78, 5) is 28.0. The number of ether oxygens (including phenoxy) is 1. The Morgan fingerprint density at radius 3 is 2.62 bits per heavy atom. The summed E-state index contributed by atoms with van der Waals surface area (Å²) in [6.45, 7) is 6.49. The highest BCUT2D eigenvalue weighted by atomic mass is 35.5. The van der Waals surface area contributed by atoms with Crippen LogP contribution in [0.3, 0.4) is 0 Å². The van der Waals surface area contributed by atoms with Gasteiger partial charge in [0.15, 0.2) is 0 Å². The van der Waals surface area contributed by atoms with Gasteiger partial charge in [-0.2, -0.15) is 5.26 Å². The predicted molar refractivity (Wildman–Crippen MR) is 175 cm³/mol. The summed E-state index contributed by atoms with van der Waals surface area (Å²) in [5, 5.41) is 13.4. The van der Waals surface area contributed by atoms with Gasteiger partial charge in [0.05, 0.1) is 17.0 Å². The monoisotopic (exact) mass is 654 g/mol. The Hall–Kier alpha value is -3.29. The fourth-order valence-electron chi connectivity index (χ4n) is 7.14. The first kappa shape index (κ1) is 33.1. The largest absolute Gasteiger partial charge is 0.487 e. The Bertz CT molecular complexity index is 1590. The number of aryl methyl sites for hydroxylation is 1. The number of hydrogen-bond donors (Lipinski definition) is 2. The molecule has 0 spiro atoms. The molecular formula is C34H43ClN4O5S. The first-order valence-electron chi connectivity index (χ1n) is 16.0. The molecule has 0 aromatic heterocycles. The van der Waals surface area contributed by atoms with Crippen molar-refractivity contribution in [2.75, 3.05) is 18.0 Å². The van der Waals surface area contributed by atoms with Crippen LogP contribution in [0.25, 0.3) is 0 Å². The number of fused-ring (bicyclic) bond motifs is 3. The van der Waals surface area contributed by atoms with Gasteiger partial charge in [-0.1, -0.05) is 24.6 Å². The summed E-state index contributed by atoms with van der Waals surface area (Å²) in [5.74, 6) is -0.535. The third kappa shape index (κ3) is 7.25. The van der Waals surface area contributed by atoms with Crippen LogP contribution in [0.15, 0.2) is 36.4 Å². The second-order valence-corrected chi connectivity index (χ2v) is 15.5. The maximum atomic E-state index is 13.4.